The zero-order valence-corrected chi connectivity index (χ0v) is 10.9. The summed E-state index contributed by atoms with van der Waals surface area (Å²) >= 11 is 1.51. The molecule has 0 atom stereocenters. The molecule has 2 rings (SSSR count). The molecule has 3 N–H and O–H groups in total. The van der Waals surface area contributed by atoms with Gasteiger partial charge >= 0.3 is 0 Å². The lowest BCUT2D eigenvalue weighted by Crippen LogP contribution is -2.16. The predicted molar refractivity (Wildman–Crippen MR) is 71.5 cm³/mol. The third kappa shape index (κ3) is 3.49. The maximum Gasteiger partial charge on any atom is 0.197 e. The van der Waals surface area contributed by atoms with E-state index in [0.717, 1.165) is 17.0 Å². The van der Waals surface area contributed by atoms with Gasteiger partial charge in [0.2, 0.25) is 0 Å². The van der Waals surface area contributed by atoms with Crippen molar-refractivity contribution in [3.05, 3.63) is 46.7 Å². The number of nitrogens with two attached hydrogens (primary N) is 1. The third-order valence-electron chi connectivity index (χ3n) is 2.44. The van der Waals surface area contributed by atoms with Gasteiger partial charge in [0.25, 0.3) is 0 Å². The zero-order chi connectivity index (χ0) is 13.0. The van der Waals surface area contributed by atoms with Crippen LogP contribution in [0.4, 0.5) is 9.52 Å². The number of halogens is 1. The maximum atomic E-state index is 13.0. The van der Waals surface area contributed by atoms with E-state index in [1.807, 2.05) is 13.1 Å². The van der Waals surface area contributed by atoms with Gasteiger partial charge in [-0.1, -0.05) is 23.5 Å². The van der Waals surface area contributed by atoms with Crippen molar-refractivity contribution in [2.75, 3.05) is 12.5 Å². The minimum atomic E-state index is -0.201. The molecule has 1 aromatic heterocycles. The van der Waals surface area contributed by atoms with E-state index < -0.39 is 0 Å². The van der Waals surface area contributed by atoms with Gasteiger partial charge in [0.1, 0.15) is 5.82 Å². The summed E-state index contributed by atoms with van der Waals surface area (Å²) in [6, 6.07) is 6.64. The Morgan fingerprint density at radius 3 is 2.94 bits per heavy atom. The second kappa shape index (κ2) is 5.90. The fourth-order valence-electron chi connectivity index (χ4n) is 1.72. The van der Waals surface area contributed by atoms with Crippen LogP contribution in [-0.4, -0.2) is 16.9 Å². The maximum absolute atomic E-state index is 13.0. The molecule has 0 aliphatic heterocycles. The van der Waals surface area contributed by atoms with E-state index in [2.05, 4.69) is 15.3 Å². The second-order valence-electron chi connectivity index (χ2n) is 4.08. The second-order valence-corrected chi connectivity index (χ2v) is 5.19. The molecule has 2 aromatic rings. The average Bonchev–Trinajstić information content (AvgIpc) is 2.76. The van der Waals surface area contributed by atoms with Crippen LogP contribution in [0.5, 0.6) is 0 Å². The van der Waals surface area contributed by atoms with Crippen LogP contribution in [0.2, 0.25) is 0 Å². The van der Waals surface area contributed by atoms with Gasteiger partial charge in [-0.25, -0.2) is 15.2 Å². The summed E-state index contributed by atoms with van der Waals surface area (Å²) in [6.45, 7) is 1.46. The molecule has 0 unspecified atom stereocenters. The number of anilines is 1. The zero-order valence-electron chi connectivity index (χ0n) is 10.1. The van der Waals surface area contributed by atoms with E-state index >= 15 is 0 Å². The molecule has 0 aliphatic rings. The molecule has 0 amide bonds. The summed E-state index contributed by atoms with van der Waals surface area (Å²) in [5, 5.41) is 0.698. The van der Waals surface area contributed by atoms with E-state index in [1.54, 1.807) is 18.3 Å². The monoisotopic (exact) mass is 266 g/mol. The molecule has 0 bridgehead atoms. The summed E-state index contributed by atoms with van der Waals surface area (Å²) in [5.41, 5.74) is 3.47. The van der Waals surface area contributed by atoms with Gasteiger partial charge in [-0.3, -0.25) is 10.3 Å². The number of nitrogens with zero attached hydrogens (tertiary/aromatic N) is 2. The largest absolute Gasteiger partial charge is 0.300 e. The first-order chi connectivity index (χ1) is 8.67. The molecular formula is C12H15FN4S. The Morgan fingerprint density at radius 1 is 1.44 bits per heavy atom. The first-order valence-corrected chi connectivity index (χ1v) is 6.33. The summed E-state index contributed by atoms with van der Waals surface area (Å²) in [4.78, 5) is 7.32. The lowest BCUT2D eigenvalue weighted by molar-refractivity contribution is 0.321. The van der Waals surface area contributed by atoms with Crippen molar-refractivity contribution in [2.45, 2.75) is 13.1 Å². The normalized spacial score (nSPS) is 10.9. The van der Waals surface area contributed by atoms with Gasteiger partial charge in [0.05, 0.1) is 0 Å². The fourth-order valence-corrected chi connectivity index (χ4v) is 2.52. The highest BCUT2D eigenvalue weighted by Crippen LogP contribution is 2.19. The van der Waals surface area contributed by atoms with E-state index in [4.69, 9.17) is 5.84 Å². The van der Waals surface area contributed by atoms with Gasteiger partial charge < -0.3 is 0 Å². The van der Waals surface area contributed by atoms with Crippen molar-refractivity contribution >= 4 is 16.5 Å². The molecule has 0 radical (unpaired) electrons. The molecular weight excluding hydrogens is 251 g/mol. The molecule has 4 nitrogen and oxygen atoms in total. The molecule has 0 spiro atoms. The number of nitrogens with one attached hydrogen (secondary N) is 1. The number of nitrogen functional groups attached to an aromatic ring is 1. The Hall–Kier alpha value is -1.50. The van der Waals surface area contributed by atoms with E-state index in [1.165, 1.54) is 17.4 Å². The number of benzene rings is 1. The number of hydrogen-bond acceptors (Lipinski definition) is 5. The van der Waals surface area contributed by atoms with E-state index in [-0.39, 0.29) is 5.82 Å². The van der Waals surface area contributed by atoms with Gasteiger partial charge in [-0.2, -0.15) is 0 Å². The minimum Gasteiger partial charge on any atom is -0.300 e. The molecule has 96 valence electrons. The smallest absolute Gasteiger partial charge is 0.197 e. The van der Waals surface area contributed by atoms with Crippen molar-refractivity contribution in [3.63, 3.8) is 0 Å². The highest BCUT2D eigenvalue weighted by Gasteiger charge is 2.06. The van der Waals surface area contributed by atoms with Gasteiger partial charge in [-0.15, -0.1) is 0 Å². The van der Waals surface area contributed by atoms with Gasteiger partial charge in [0.15, 0.2) is 5.13 Å². The summed E-state index contributed by atoms with van der Waals surface area (Å²) in [6.07, 6.45) is 1.79. The van der Waals surface area contributed by atoms with Crippen LogP contribution < -0.4 is 11.3 Å². The van der Waals surface area contributed by atoms with Crippen LogP contribution in [0.15, 0.2) is 30.5 Å². The van der Waals surface area contributed by atoms with Crippen molar-refractivity contribution < 1.29 is 4.39 Å². The SMILES string of the molecule is CN(Cc1cccc(F)c1)Cc1cnc(NN)s1. The Bertz CT molecular complexity index is 514. The van der Waals surface area contributed by atoms with Crippen molar-refractivity contribution in [1.29, 1.82) is 0 Å². The predicted octanol–water partition coefficient (Wildman–Crippen LogP) is 2.20. The van der Waals surface area contributed by atoms with Crippen LogP contribution in [-0.2, 0) is 13.1 Å². The number of hydrogen-bond donors (Lipinski definition) is 2. The molecule has 0 saturated carbocycles. The lowest BCUT2D eigenvalue weighted by Gasteiger charge is -2.15. The first kappa shape index (κ1) is 12.9. The minimum absolute atomic E-state index is 0.201. The molecule has 0 fully saturated rings. The topological polar surface area (TPSA) is 54.2 Å². The van der Waals surface area contributed by atoms with E-state index in [0.29, 0.717) is 11.7 Å². The van der Waals surface area contributed by atoms with E-state index in [9.17, 15) is 4.39 Å². The number of thiazole rings is 1. The van der Waals surface area contributed by atoms with Crippen molar-refractivity contribution in [1.82, 2.24) is 9.88 Å². The van der Waals surface area contributed by atoms with Crippen molar-refractivity contribution in [2.24, 2.45) is 5.84 Å². The highest BCUT2D eigenvalue weighted by atomic mass is 32.1. The third-order valence-corrected chi connectivity index (χ3v) is 3.36. The summed E-state index contributed by atoms with van der Waals surface area (Å²) < 4.78 is 13.0. The molecule has 1 aromatic carbocycles. The Balaban J connectivity index is 1.94. The number of rotatable bonds is 5. The number of aromatic nitrogens is 1. The molecule has 0 saturated heterocycles. The Kier molecular flexibility index (Phi) is 4.24. The lowest BCUT2D eigenvalue weighted by atomic mass is 10.2. The highest BCUT2D eigenvalue weighted by molar-refractivity contribution is 7.15. The average molecular weight is 266 g/mol. The summed E-state index contributed by atoms with van der Waals surface area (Å²) in [7, 11) is 1.99. The summed E-state index contributed by atoms with van der Waals surface area (Å²) in [5.74, 6) is 5.08. The molecule has 0 aliphatic carbocycles. The van der Waals surface area contributed by atoms with Crippen LogP contribution >= 0.6 is 11.3 Å². The first-order valence-electron chi connectivity index (χ1n) is 5.51. The quantitative estimate of drug-likeness (QED) is 0.643. The standard InChI is InChI=1S/C12H15FN4S/c1-17(7-9-3-2-4-10(13)5-9)8-11-6-15-12(16-14)18-11/h2-6H,7-8,14H2,1H3,(H,15,16). The molecule has 6 heteroatoms. The van der Waals surface area contributed by atoms with Crippen molar-refractivity contribution in [3.8, 4) is 0 Å². The molecule has 18 heavy (non-hydrogen) atoms. The molecule has 1 heterocycles. The Labute approximate surface area is 109 Å². The van der Waals surface area contributed by atoms with Crippen LogP contribution in [0.1, 0.15) is 10.4 Å². The van der Waals surface area contributed by atoms with Crippen LogP contribution in [0.25, 0.3) is 0 Å². The Morgan fingerprint density at radius 2 is 2.28 bits per heavy atom. The fraction of sp³-hybridized carbons (Fsp3) is 0.250. The van der Waals surface area contributed by atoms with Crippen LogP contribution in [0, 0.1) is 5.82 Å². The van der Waals surface area contributed by atoms with Gasteiger partial charge in [-0.05, 0) is 24.7 Å². The van der Waals surface area contributed by atoms with Gasteiger partial charge in [0, 0.05) is 24.2 Å². The van der Waals surface area contributed by atoms with Crippen LogP contribution in [0.3, 0.4) is 0 Å². The number of hydrazine groups is 1.